The summed E-state index contributed by atoms with van der Waals surface area (Å²) in [4.78, 5) is 17.8. The smallest absolute Gasteiger partial charge is 0.259 e. The zero-order valence-corrected chi connectivity index (χ0v) is 13.0. The summed E-state index contributed by atoms with van der Waals surface area (Å²) in [6.07, 6.45) is 0. The van der Waals surface area contributed by atoms with Gasteiger partial charge in [0.05, 0.1) is 11.3 Å². The van der Waals surface area contributed by atoms with Crippen LogP contribution >= 0.6 is 11.3 Å². The van der Waals surface area contributed by atoms with Gasteiger partial charge in [0.25, 0.3) is 5.91 Å². The summed E-state index contributed by atoms with van der Waals surface area (Å²) in [5.74, 6) is -0.137. The highest BCUT2D eigenvalue weighted by Gasteiger charge is 2.13. The molecule has 0 unspecified atom stereocenters. The van der Waals surface area contributed by atoms with Crippen molar-refractivity contribution in [3.05, 3.63) is 40.4 Å². The maximum Gasteiger partial charge on any atom is 0.259 e. The molecule has 0 saturated carbocycles. The van der Waals surface area contributed by atoms with Crippen LogP contribution in [-0.2, 0) is 0 Å². The van der Waals surface area contributed by atoms with E-state index in [0.29, 0.717) is 10.7 Å². The highest BCUT2D eigenvalue weighted by Crippen LogP contribution is 2.23. The van der Waals surface area contributed by atoms with E-state index in [2.05, 4.69) is 15.6 Å². The Morgan fingerprint density at radius 3 is 2.55 bits per heavy atom. The highest BCUT2D eigenvalue weighted by molar-refractivity contribution is 7.15. The van der Waals surface area contributed by atoms with Crippen LogP contribution < -0.4 is 10.6 Å². The van der Waals surface area contributed by atoms with Crippen molar-refractivity contribution in [1.82, 2.24) is 4.98 Å². The maximum atomic E-state index is 12.4. The fraction of sp³-hybridized carbons (Fsp3) is 0.333. The molecule has 2 N–H and O–H groups in total. The molecule has 0 fully saturated rings. The van der Waals surface area contributed by atoms with Crippen LogP contribution in [0.3, 0.4) is 0 Å². The minimum Gasteiger partial charge on any atom is -0.382 e. The Balaban J connectivity index is 2.20. The lowest BCUT2D eigenvalue weighted by Crippen LogP contribution is -2.17. The van der Waals surface area contributed by atoms with E-state index < -0.39 is 0 Å². The minimum atomic E-state index is -0.137. The molecule has 4 nitrogen and oxygen atoms in total. The number of aromatic nitrogens is 1. The predicted octanol–water partition coefficient (Wildman–Crippen LogP) is 3.83. The van der Waals surface area contributed by atoms with Crippen LogP contribution in [0.5, 0.6) is 0 Å². The van der Waals surface area contributed by atoms with Gasteiger partial charge in [-0.25, -0.2) is 4.98 Å². The number of rotatable bonds is 4. The normalized spacial score (nSPS) is 10.7. The van der Waals surface area contributed by atoms with Gasteiger partial charge in [0, 0.05) is 16.6 Å². The van der Waals surface area contributed by atoms with E-state index >= 15 is 0 Å². The largest absolute Gasteiger partial charge is 0.382 e. The van der Waals surface area contributed by atoms with Crippen molar-refractivity contribution < 1.29 is 4.79 Å². The van der Waals surface area contributed by atoms with Crippen LogP contribution in [0.4, 0.5) is 10.8 Å². The first-order chi connectivity index (χ1) is 9.47. The van der Waals surface area contributed by atoms with Crippen LogP contribution in [-0.4, -0.2) is 16.9 Å². The summed E-state index contributed by atoms with van der Waals surface area (Å²) in [7, 11) is 0. The molecule has 0 radical (unpaired) electrons. The van der Waals surface area contributed by atoms with Crippen molar-refractivity contribution in [1.29, 1.82) is 0 Å². The monoisotopic (exact) mass is 289 g/mol. The van der Waals surface area contributed by atoms with E-state index in [-0.39, 0.29) is 11.9 Å². The number of thiazole rings is 1. The first-order valence-electron chi connectivity index (χ1n) is 6.58. The Bertz CT molecular complexity index is 600. The molecule has 0 atom stereocenters. The number of carbonyl (C=O) groups excluding carboxylic acids is 1. The number of hydrogen-bond donors (Lipinski definition) is 2. The van der Waals surface area contributed by atoms with Gasteiger partial charge in [-0.2, -0.15) is 0 Å². The average Bonchev–Trinajstić information content (AvgIpc) is 2.68. The molecule has 20 heavy (non-hydrogen) atoms. The van der Waals surface area contributed by atoms with Gasteiger partial charge in [-0.15, -0.1) is 11.3 Å². The first-order valence-corrected chi connectivity index (χ1v) is 7.40. The molecule has 1 heterocycles. The van der Waals surface area contributed by atoms with E-state index in [1.165, 1.54) is 11.3 Å². The number of hydrogen-bond acceptors (Lipinski definition) is 4. The van der Waals surface area contributed by atoms with E-state index in [1.807, 2.05) is 52.0 Å². The predicted molar refractivity (Wildman–Crippen MR) is 84.7 cm³/mol. The number of anilines is 2. The number of carbonyl (C=O) groups is 1. The lowest BCUT2D eigenvalue weighted by molar-refractivity contribution is 0.102. The van der Waals surface area contributed by atoms with Crippen LogP contribution in [0.25, 0.3) is 0 Å². The van der Waals surface area contributed by atoms with Crippen molar-refractivity contribution in [3.63, 3.8) is 0 Å². The third-order valence-electron chi connectivity index (χ3n) is 2.86. The molecule has 2 aromatic rings. The molecule has 0 bridgehead atoms. The third kappa shape index (κ3) is 3.36. The number of para-hydroxylation sites is 1. The number of amides is 1. The number of aryl methyl sites for hydroxylation is 2. The summed E-state index contributed by atoms with van der Waals surface area (Å²) < 4.78 is 0. The molecular weight excluding hydrogens is 270 g/mol. The Labute approximate surface area is 123 Å². The quantitative estimate of drug-likeness (QED) is 0.899. The second-order valence-corrected chi connectivity index (χ2v) is 6.16. The van der Waals surface area contributed by atoms with Crippen LogP contribution in [0.15, 0.2) is 24.3 Å². The van der Waals surface area contributed by atoms with E-state index in [1.54, 1.807) is 0 Å². The molecule has 0 aliphatic carbocycles. The molecule has 1 aromatic heterocycles. The van der Waals surface area contributed by atoms with Crippen LogP contribution in [0, 0.1) is 13.8 Å². The SMILES string of the molecule is Cc1nc(NC(=O)c2ccccc2NC(C)C)sc1C. The van der Waals surface area contributed by atoms with Crippen LogP contribution in [0.1, 0.15) is 34.8 Å². The van der Waals surface area contributed by atoms with Crippen molar-refractivity contribution in [2.75, 3.05) is 10.6 Å². The number of nitrogens with one attached hydrogen (secondary N) is 2. The van der Waals surface area contributed by atoms with Gasteiger partial charge in [-0.3, -0.25) is 10.1 Å². The second-order valence-electron chi connectivity index (χ2n) is 4.96. The Morgan fingerprint density at radius 2 is 1.95 bits per heavy atom. The first kappa shape index (κ1) is 14.5. The fourth-order valence-electron chi connectivity index (χ4n) is 1.81. The van der Waals surface area contributed by atoms with E-state index in [0.717, 1.165) is 16.3 Å². The molecular formula is C15H19N3OS. The van der Waals surface area contributed by atoms with Gasteiger partial charge in [-0.05, 0) is 39.8 Å². The third-order valence-corrected chi connectivity index (χ3v) is 3.85. The average molecular weight is 289 g/mol. The topological polar surface area (TPSA) is 54.0 Å². The summed E-state index contributed by atoms with van der Waals surface area (Å²) in [5, 5.41) is 6.78. The van der Waals surface area contributed by atoms with Crippen molar-refractivity contribution in [2.24, 2.45) is 0 Å². The molecule has 0 aliphatic rings. The number of benzene rings is 1. The standard InChI is InChI=1S/C15H19N3OS/c1-9(2)16-13-8-6-5-7-12(13)14(19)18-15-17-10(3)11(4)20-15/h5-9,16H,1-4H3,(H,17,18,19). The maximum absolute atomic E-state index is 12.4. The van der Waals surface area contributed by atoms with Gasteiger partial charge in [-0.1, -0.05) is 12.1 Å². The minimum absolute atomic E-state index is 0.137. The summed E-state index contributed by atoms with van der Waals surface area (Å²) in [6.45, 7) is 8.02. The number of nitrogens with zero attached hydrogens (tertiary/aromatic N) is 1. The van der Waals surface area contributed by atoms with E-state index in [9.17, 15) is 4.79 Å². The molecule has 1 aromatic carbocycles. The van der Waals surface area contributed by atoms with Crippen LogP contribution in [0.2, 0.25) is 0 Å². The van der Waals surface area contributed by atoms with Gasteiger partial charge < -0.3 is 5.32 Å². The lowest BCUT2D eigenvalue weighted by atomic mass is 10.1. The molecule has 2 rings (SSSR count). The van der Waals surface area contributed by atoms with Gasteiger partial charge in [0.15, 0.2) is 5.13 Å². The van der Waals surface area contributed by atoms with Gasteiger partial charge in [0.1, 0.15) is 0 Å². The molecule has 106 valence electrons. The van der Waals surface area contributed by atoms with E-state index in [4.69, 9.17) is 0 Å². The van der Waals surface area contributed by atoms with Crippen molar-refractivity contribution in [2.45, 2.75) is 33.7 Å². The molecule has 5 heteroatoms. The Morgan fingerprint density at radius 1 is 1.25 bits per heavy atom. The fourth-order valence-corrected chi connectivity index (χ4v) is 2.62. The zero-order chi connectivity index (χ0) is 14.7. The lowest BCUT2D eigenvalue weighted by Gasteiger charge is -2.13. The van der Waals surface area contributed by atoms with Crippen molar-refractivity contribution >= 4 is 28.1 Å². The van der Waals surface area contributed by atoms with Crippen molar-refractivity contribution in [3.8, 4) is 0 Å². The molecule has 1 amide bonds. The molecule has 0 saturated heterocycles. The Hall–Kier alpha value is -1.88. The summed E-state index contributed by atoms with van der Waals surface area (Å²) in [5.41, 5.74) is 2.43. The second kappa shape index (κ2) is 6.05. The van der Waals surface area contributed by atoms with Gasteiger partial charge in [0.2, 0.25) is 0 Å². The Kier molecular flexibility index (Phi) is 4.39. The summed E-state index contributed by atoms with van der Waals surface area (Å²) >= 11 is 1.49. The molecule has 0 spiro atoms. The zero-order valence-electron chi connectivity index (χ0n) is 12.2. The van der Waals surface area contributed by atoms with Gasteiger partial charge >= 0.3 is 0 Å². The summed E-state index contributed by atoms with van der Waals surface area (Å²) in [6, 6.07) is 7.77. The highest BCUT2D eigenvalue weighted by atomic mass is 32.1. The molecule has 0 aliphatic heterocycles.